The number of terminal acetylenes is 2. The Kier molecular flexibility index (Phi) is 19.7. The number of sulfonamides is 2. The molecule has 0 spiro atoms. The molecule has 0 atom stereocenters. The van der Waals surface area contributed by atoms with Crippen molar-refractivity contribution >= 4 is 36.0 Å². The van der Waals surface area contributed by atoms with Crippen molar-refractivity contribution < 1.29 is 47.8 Å². The molecule has 0 unspecified atom stereocenters. The minimum Gasteiger partial charge on any atom is -1.00 e. The molecule has 0 aromatic heterocycles. The molecule has 202 valence electrons. The number of allylic oxidation sites excluding steroid dienone is 1. The van der Waals surface area contributed by atoms with Crippen molar-refractivity contribution in [3.05, 3.63) is 84.0 Å². The first kappa shape index (κ1) is 38.5. The Morgan fingerprint density at radius 3 is 1.66 bits per heavy atom. The summed E-state index contributed by atoms with van der Waals surface area (Å²) in [4.78, 5) is 0.489. The summed E-state index contributed by atoms with van der Waals surface area (Å²) in [5, 5.41) is 0.924. The van der Waals surface area contributed by atoms with E-state index in [2.05, 4.69) is 45.7 Å². The SMILES string of the molecule is C#CCN(CC(=C)C)S(=O)(=O)c1ccc(C)cc1.C#CCNS(=O)(=O)c1ccc(C)cc1.C=C(C)CBr.[H-].[Na+]. The third-order valence-electron chi connectivity index (χ3n) is 4.30. The van der Waals surface area contributed by atoms with Crippen LogP contribution in [-0.2, 0) is 20.0 Å². The van der Waals surface area contributed by atoms with Crippen LogP contribution < -0.4 is 34.3 Å². The van der Waals surface area contributed by atoms with Gasteiger partial charge in [0.2, 0.25) is 20.0 Å². The Hall–Kier alpha value is -1.66. The molecule has 0 aliphatic carbocycles. The molecule has 0 heterocycles. The van der Waals surface area contributed by atoms with Crippen LogP contribution in [0.1, 0.15) is 26.4 Å². The van der Waals surface area contributed by atoms with Gasteiger partial charge in [0.05, 0.1) is 22.9 Å². The molecule has 0 saturated heterocycles. The van der Waals surface area contributed by atoms with Crippen LogP contribution in [0.4, 0.5) is 0 Å². The first-order valence-electron chi connectivity index (χ1n) is 11.1. The van der Waals surface area contributed by atoms with Gasteiger partial charge in [0.15, 0.2) is 0 Å². The quantitative estimate of drug-likeness (QED) is 0.199. The summed E-state index contributed by atoms with van der Waals surface area (Å²) in [5.41, 5.74) is 3.95. The Morgan fingerprint density at radius 1 is 0.895 bits per heavy atom. The topological polar surface area (TPSA) is 83.6 Å². The van der Waals surface area contributed by atoms with Gasteiger partial charge < -0.3 is 1.43 Å². The second-order valence-electron chi connectivity index (χ2n) is 8.18. The average Bonchev–Trinajstić information content (AvgIpc) is 2.83. The molecule has 0 radical (unpaired) electrons. The van der Waals surface area contributed by atoms with Gasteiger partial charge in [-0.1, -0.05) is 87.5 Å². The van der Waals surface area contributed by atoms with Crippen molar-refractivity contribution in [2.75, 3.05) is 25.0 Å². The van der Waals surface area contributed by atoms with Gasteiger partial charge in [0.1, 0.15) is 0 Å². The maximum atomic E-state index is 12.4. The van der Waals surface area contributed by atoms with Crippen LogP contribution >= 0.6 is 15.9 Å². The summed E-state index contributed by atoms with van der Waals surface area (Å²) in [6, 6.07) is 13.3. The van der Waals surface area contributed by atoms with Gasteiger partial charge in [0, 0.05) is 11.9 Å². The van der Waals surface area contributed by atoms with E-state index in [9.17, 15) is 16.8 Å². The van der Waals surface area contributed by atoms with Crippen LogP contribution in [0.5, 0.6) is 0 Å². The standard InChI is InChI=1S/C14H17NO2S.C10H11NO2S.C4H7Br.Na.H/c1-5-10-15(11-12(2)3)18(16,17)14-8-6-13(4)7-9-14;1-3-8-11-14(12,13)10-6-4-9(2)5-7-10;1-4(2)3-5;;/h1,6-9H,2,10-11H2,3-4H3;1,4-7,11H,8H2,2H3;1,3H2,2H3;;/q;;;+1;-1. The number of rotatable bonds is 9. The van der Waals surface area contributed by atoms with E-state index in [1.165, 1.54) is 9.88 Å². The van der Waals surface area contributed by atoms with Crippen LogP contribution in [0.2, 0.25) is 0 Å². The predicted octanol–water partition coefficient (Wildman–Crippen LogP) is 2.18. The minimum absolute atomic E-state index is 0. The molecule has 1 N–H and O–H groups in total. The molecule has 38 heavy (non-hydrogen) atoms. The Balaban J connectivity index is -0.000000553. The van der Waals surface area contributed by atoms with Gasteiger partial charge in [-0.25, -0.2) is 16.8 Å². The number of halogens is 1. The number of alkyl halides is 1. The minimum atomic E-state index is -3.55. The molecular formula is C28H36BrN2NaO4S2. The Morgan fingerprint density at radius 2 is 1.32 bits per heavy atom. The fraction of sp³-hybridized carbons (Fsp3) is 0.286. The molecular weight excluding hydrogens is 595 g/mol. The van der Waals surface area contributed by atoms with Crippen molar-refractivity contribution in [1.29, 1.82) is 0 Å². The van der Waals surface area contributed by atoms with E-state index in [0.29, 0.717) is 0 Å². The Bertz CT molecular complexity index is 1330. The van der Waals surface area contributed by atoms with E-state index in [0.717, 1.165) is 22.0 Å². The molecule has 0 fully saturated rings. The first-order chi connectivity index (χ1) is 17.2. The Labute approximate surface area is 262 Å². The second kappa shape index (κ2) is 19.4. The van der Waals surface area contributed by atoms with Crippen LogP contribution in [0, 0.1) is 38.5 Å². The van der Waals surface area contributed by atoms with E-state index in [4.69, 9.17) is 12.8 Å². The molecule has 0 aliphatic rings. The van der Waals surface area contributed by atoms with Crippen molar-refractivity contribution in [1.82, 2.24) is 9.03 Å². The summed E-state index contributed by atoms with van der Waals surface area (Å²) in [7, 11) is -6.98. The van der Waals surface area contributed by atoms with Crippen LogP contribution in [0.3, 0.4) is 0 Å². The van der Waals surface area contributed by atoms with Gasteiger partial charge in [-0.05, 0) is 52.0 Å². The largest absolute Gasteiger partial charge is 1.00 e. The van der Waals surface area contributed by atoms with Gasteiger partial charge >= 0.3 is 29.6 Å². The van der Waals surface area contributed by atoms with E-state index in [1.54, 1.807) is 55.5 Å². The van der Waals surface area contributed by atoms with Crippen molar-refractivity contribution in [2.24, 2.45) is 0 Å². The van der Waals surface area contributed by atoms with Gasteiger partial charge in [0.25, 0.3) is 0 Å². The van der Waals surface area contributed by atoms with E-state index in [-0.39, 0.29) is 60.4 Å². The van der Waals surface area contributed by atoms with Crippen molar-refractivity contribution in [3.63, 3.8) is 0 Å². The first-order valence-corrected chi connectivity index (χ1v) is 15.1. The average molecular weight is 632 g/mol. The molecule has 2 aromatic rings. The number of nitrogens with zero attached hydrogens (tertiary/aromatic N) is 1. The van der Waals surface area contributed by atoms with Gasteiger partial charge in [-0.2, -0.15) is 9.03 Å². The summed E-state index contributed by atoms with van der Waals surface area (Å²) in [5.74, 6) is 4.58. The van der Waals surface area contributed by atoms with Crippen molar-refractivity contribution in [3.8, 4) is 24.7 Å². The number of benzene rings is 2. The van der Waals surface area contributed by atoms with Crippen LogP contribution in [-0.4, -0.2) is 46.1 Å². The maximum Gasteiger partial charge on any atom is 1.00 e. The molecule has 0 amide bonds. The summed E-state index contributed by atoms with van der Waals surface area (Å²) in [6.07, 6.45) is 10.2. The third-order valence-corrected chi connectivity index (χ3v) is 8.48. The fourth-order valence-electron chi connectivity index (χ4n) is 2.43. The summed E-state index contributed by atoms with van der Waals surface area (Å²) in [6.45, 7) is 15.2. The zero-order valence-corrected chi connectivity index (χ0v) is 28.0. The van der Waals surface area contributed by atoms with Crippen LogP contribution in [0.25, 0.3) is 0 Å². The molecule has 2 aromatic carbocycles. The zero-order chi connectivity index (χ0) is 28.6. The number of aryl methyl sites for hydroxylation is 2. The number of hydrogen-bond acceptors (Lipinski definition) is 4. The maximum absolute atomic E-state index is 12.4. The fourth-order valence-corrected chi connectivity index (χ4v) is 4.77. The van der Waals surface area contributed by atoms with Gasteiger partial charge in [-0.15, -0.1) is 12.8 Å². The van der Waals surface area contributed by atoms with E-state index < -0.39 is 20.0 Å². The third kappa shape index (κ3) is 15.1. The van der Waals surface area contributed by atoms with E-state index >= 15 is 0 Å². The molecule has 0 aliphatic heterocycles. The van der Waals surface area contributed by atoms with Gasteiger partial charge in [-0.3, -0.25) is 0 Å². The molecule has 0 bridgehead atoms. The zero-order valence-electron chi connectivity index (χ0n) is 23.8. The molecule has 10 heteroatoms. The normalized spacial score (nSPS) is 10.3. The smallest absolute Gasteiger partial charge is 1.00 e. The van der Waals surface area contributed by atoms with E-state index in [1.807, 2.05) is 20.8 Å². The second-order valence-corrected chi connectivity index (χ2v) is 12.4. The van der Waals surface area contributed by atoms with Crippen LogP contribution in [0.15, 0.2) is 82.6 Å². The molecule has 6 nitrogen and oxygen atoms in total. The number of hydrogen-bond donors (Lipinski definition) is 1. The predicted molar refractivity (Wildman–Crippen MR) is 159 cm³/mol. The molecule has 2 rings (SSSR count). The number of nitrogens with one attached hydrogen (secondary N) is 1. The van der Waals surface area contributed by atoms with Crippen molar-refractivity contribution in [2.45, 2.75) is 37.5 Å². The molecule has 0 saturated carbocycles. The summed E-state index contributed by atoms with van der Waals surface area (Å²) >= 11 is 3.21. The monoisotopic (exact) mass is 630 g/mol. The summed E-state index contributed by atoms with van der Waals surface area (Å²) < 4.78 is 51.2.